The number of carbonyl (C=O) groups is 2. The third kappa shape index (κ3) is 1.99. The van der Waals surface area contributed by atoms with Crippen molar-refractivity contribution in [2.75, 3.05) is 12.0 Å². The lowest BCUT2D eigenvalue weighted by molar-refractivity contribution is -0.129. The predicted molar refractivity (Wildman–Crippen MR) is 65.5 cm³/mol. The smallest absolute Gasteiger partial charge is 0.231 e. The lowest BCUT2D eigenvalue weighted by atomic mass is 9.78. The maximum Gasteiger partial charge on any atom is 0.231 e. The molecular formula is C12H19NO2S. The van der Waals surface area contributed by atoms with Crippen molar-refractivity contribution in [1.29, 1.82) is 0 Å². The Bertz CT molecular complexity index is 297. The average Bonchev–Trinajstić information content (AvgIpc) is 2.50. The van der Waals surface area contributed by atoms with E-state index in [0.29, 0.717) is 6.42 Å². The molecule has 1 heterocycles. The molecule has 0 bridgehead atoms. The molecule has 0 aromatic heterocycles. The first-order valence-corrected chi connectivity index (χ1v) is 7.44. The van der Waals surface area contributed by atoms with E-state index < -0.39 is 5.54 Å². The van der Waals surface area contributed by atoms with E-state index in [2.05, 4.69) is 5.32 Å². The van der Waals surface area contributed by atoms with Crippen molar-refractivity contribution in [1.82, 2.24) is 5.32 Å². The summed E-state index contributed by atoms with van der Waals surface area (Å²) >= 11 is 1.70. The Hall–Kier alpha value is -0.510. The van der Waals surface area contributed by atoms with Gasteiger partial charge in [-0.3, -0.25) is 9.59 Å². The van der Waals surface area contributed by atoms with Gasteiger partial charge in [-0.2, -0.15) is 11.8 Å². The lowest BCUT2D eigenvalue weighted by Gasteiger charge is -2.31. The number of amides is 1. The molecule has 16 heavy (non-hydrogen) atoms. The Morgan fingerprint density at radius 1 is 1.31 bits per heavy atom. The first-order valence-electron chi connectivity index (χ1n) is 6.05. The highest BCUT2D eigenvalue weighted by atomic mass is 32.2. The summed E-state index contributed by atoms with van der Waals surface area (Å²) < 4.78 is 0. The third-order valence-corrected chi connectivity index (χ3v) is 4.43. The monoisotopic (exact) mass is 241 g/mol. The van der Waals surface area contributed by atoms with E-state index in [1.807, 2.05) is 6.26 Å². The van der Waals surface area contributed by atoms with E-state index in [0.717, 1.165) is 31.4 Å². The first-order chi connectivity index (χ1) is 7.69. The molecule has 0 aromatic carbocycles. The van der Waals surface area contributed by atoms with Crippen LogP contribution in [-0.2, 0) is 9.59 Å². The second-order valence-corrected chi connectivity index (χ2v) is 5.82. The summed E-state index contributed by atoms with van der Waals surface area (Å²) in [5.74, 6) is 0.664. The van der Waals surface area contributed by atoms with Crippen molar-refractivity contribution in [2.24, 2.45) is 5.92 Å². The van der Waals surface area contributed by atoms with E-state index in [9.17, 15) is 9.59 Å². The molecule has 90 valence electrons. The lowest BCUT2D eigenvalue weighted by Crippen LogP contribution is -2.47. The molecule has 2 aliphatic rings. The van der Waals surface area contributed by atoms with Gasteiger partial charge in [0, 0.05) is 0 Å². The van der Waals surface area contributed by atoms with Crippen LogP contribution in [0.2, 0.25) is 0 Å². The van der Waals surface area contributed by atoms with Gasteiger partial charge in [-0.05, 0) is 31.3 Å². The van der Waals surface area contributed by atoms with Gasteiger partial charge in [0.2, 0.25) is 5.91 Å². The van der Waals surface area contributed by atoms with Gasteiger partial charge in [0.25, 0.3) is 0 Å². The second-order valence-electron chi connectivity index (χ2n) is 4.83. The summed E-state index contributed by atoms with van der Waals surface area (Å²) in [6.07, 6.45) is 7.75. The molecule has 1 aliphatic heterocycles. The van der Waals surface area contributed by atoms with Gasteiger partial charge in [-0.15, -0.1) is 0 Å². The Kier molecular flexibility index (Phi) is 3.57. The van der Waals surface area contributed by atoms with E-state index in [1.54, 1.807) is 11.8 Å². The van der Waals surface area contributed by atoms with Crippen LogP contribution in [0.15, 0.2) is 0 Å². The molecule has 1 saturated heterocycles. The summed E-state index contributed by atoms with van der Waals surface area (Å²) in [6.45, 7) is 0. The van der Waals surface area contributed by atoms with E-state index in [1.165, 1.54) is 6.42 Å². The van der Waals surface area contributed by atoms with Crippen molar-refractivity contribution < 1.29 is 9.59 Å². The van der Waals surface area contributed by atoms with Gasteiger partial charge < -0.3 is 5.32 Å². The summed E-state index contributed by atoms with van der Waals surface area (Å²) in [7, 11) is 0. The van der Waals surface area contributed by atoms with Crippen LogP contribution in [0, 0.1) is 5.92 Å². The normalized spacial score (nSPS) is 28.4. The van der Waals surface area contributed by atoms with Gasteiger partial charge in [0.15, 0.2) is 5.78 Å². The highest BCUT2D eigenvalue weighted by Gasteiger charge is 2.51. The molecule has 0 aromatic rings. The number of ketones is 1. The minimum absolute atomic E-state index is 0.0269. The number of rotatable bonds is 3. The predicted octanol–water partition coefficient (Wildman–Crippen LogP) is 1.76. The molecule has 1 spiro atoms. The van der Waals surface area contributed by atoms with Gasteiger partial charge in [0.1, 0.15) is 0 Å². The highest BCUT2D eigenvalue weighted by molar-refractivity contribution is 7.98. The van der Waals surface area contributed by atoms with Gasteiger partial charge in [-0.1, -0.05) is 19.3 Å². The van der Waals surface area contributed by atoms with Crippen LogP contribution in [0.1, 0.15) is 38.5 Å². The quantitative estimate of drug-likeness (QED) is 0.766. The Labute approximate surface area is 101 Å². The van der Waals surface area contributed by atoms with Crippen LogP contribution < -0.4 is 5.32 Å². The summed E-state index contributed by atoms with van der Waals surface area (Å²) in [6, 6.07) is 0. The Morgan fingerprint density at radius 2 is 2.00 bits per heavy atom. The first kappa shape index (κ1) is 12.0. The summed E-state index contributed by atoms with van der Waals surface area (Å²) in [5.41, 5.74) is -0.474. The standard InChI is InChI=1S/C12H19NO2S/c1-16-8-5-9-10(14)12(13-11(9)15)6-3-2-4-7-12/h9H,2-8H2,1H3,(H,13,15). The highest BCUT2D eigenvalue weighted by Crippen LogP contribution is 2.36. The van der Waals surface area contributed by atoms with Crippen LogP contribution in [-0.4, -0.2) is 29.2 Å². The number of nitrogens with one attached hydrogen (secondary N) is 1. The maximum absolute atomic E-state index is 12.3. The molecule has 2 rings (SSSR count). The second kappa shape index (κ2) is 4.78. The fourth-order valence-electron chi connectivity index (χ4n) is 2.86. The third-order valence-electron chi connectivity index (χ3n) is 3.78. The Balaban J connectivity index is 2.08. The van der Waals surface area contributed by atoms with Crippen molar-refractivity contribution in [3.8, 4) is 0 Å². The fraction of sp³-hybridized carbons (Fsp3) is 0.833. The number of carbonyl (C=O) groups excluding carboxylic acids is 2. The maximum atomic E-state index is 12.3. The van der Waals surface area contributed by atoms with Crippen LogP contribution in [0.4, 0.5) is 0 Å². The van der Waals surface area contributed by atoms with E-state index in [-0.39, 0.29) is 17.6 Å². The molecule has 1 N–H and O–H groups in total. The zero-order valence-corrected chi connectivity index (χ0v) is 10.6. The zero-order chi connectivity index (χ0) is 11.6. The van der Waals surface area contributed by atoms with Crippen molar-refractivity contribution in [3.63, 3.8) is 0 Å². The number of hydrogen-bond donors (Lipinski definition) is 1. The van der Waals surface area contributed by atoms with Crippen molar-refractivity contribution >= 4 is 23.5 Å². The molecule has 1 amide bonds. The van der Waals surface area contributed by atoms with E-state index in [4.69, 9.17) is 0 Å². The number of thioether (sulfide) groups is 1. The summed E-state index contributed by atoms with van der Waals surface area (Å²) in [4.78, 5) is 24.1. The molecule has 2 fully saturated rings. The molecular weight excluding hydrogens is 222 g/mol. The molecule has 1 atom stereocenters. The SMILES string of the molecule is CSCCC1C(=O)NC2(CCCCC2)C1=O. The minimum atomic E-state index is -0.474. The van der Waals surface area contributed by atoms with Gasteiger partial charge >= 0.3 is 0 Å². The van der Waals surface area contributed by atoms with Crippen molar-refractivity contribution in [2.45, 2.75) is 44.1 Å². The molecule has 4 heteroatoms. The van der Waals surface area contributed by atoms with Crippen LogP contribution in [0.5, 0.6) is 0 Å². The molecule has 3 nitrogen and oxygen atoms in total. The largest absolute Gasteiger partial charge is 0.343 e. The van der Waals surface area contributed by atoms with Crippen LogP contribution in [0.25, 0.3) is 0 Å². The summed E-state index contributed by atoms with van der Waals surface area (Å²) in [5, 5.41) is 2.98. The Morgan fingerprint density at radius 3 is 2.62 bits per heavy atom. The molecule has 0 radical (unpaired) electrons. The average molecular weight is 241 g/mol. The molecule has 1 aliphatic carbocycles. The molecule has 1 unspecified atom stereocenters. The topological polar surface area (TPSA) is 46.2 Å². The number of hydrogen-bond acceptors (Lipinski definition) is 3. The minimum Gasteiger partial charge on any atom is -0.343 e. The zero-order valence-electron chi connectivity index (χ0n) is 9.75. The van der Waals surface area contributed by atoms with Crippen LogP contribution in [0.3, 0.4) is 0 Å². The number of Topliss-reactive ketones (excluding diaryl/α,β-unsaturated/α-hetero) is 1. The van der Waals surface area contributed by atoms with Crippen LogP contribution >= 0.6 is 11.8 Å². The van der Waals surface area contributed by atoms with Gasteiger partial charge in [0.05, 0.1) is 11.5 Å². The molecule has 1 saturated carbocycles. The fourth-order valence-corrected chi connectivity index (χ4v) is 3.33. The van der Waals surface area contributed by atoms with E-state index >= 15 is 0 Å². The van der Waals surface area contributed by atoms with Crippen molar-refractivity contribution in [3.05, 3.63) is 0 Å². The van der Waals surface area contributed by atoms with Gasteiger partial charge in [-0.25, -0.2) is 0 Å².